The molecule has 0 heterocycles. The first-order chi connectivity index (χ1) is 5.45. The van der Waals surface area contributed by atoms with Gasteiger partial charge in [0.15, 0.2) is 0 Å². The van der Waals surface area contributed by atoms with Gasteiger partial charge in [-0.3, -0.25) is 9.59 Å². The van der Waals surface area contributed by atoms with Gasteiger partial charge in [0.2, 0.25) is 0 Å². The third kappa shape index (κ3) is 1.26. The highest BCUT2D eigenvalue weighted by molar-refractivity contribution is 9.12. The SMILES string of the molecule is O=C(O)C1C(C(=O)O)C1(Br)CBr. The minimum atomic E-state index is -1.07. The Kier molecular flexibility index (Phi) is 2.49. The lowest BCUT2D eigenvalue weighted by molar-refractivity contribution is -0.144. The first kappa shape index (κ1) is 9.98. The van der Waals surface area contributed by atoms with Crippen molar-refractivity contribution in [3.63, 3.8) is 0 Å². The van der Waals surface area contributed by atoms with E-state index in [0.29, 0.717) is 5.33 Å². The highest BCUT2D eigenvalue weighted by atomic mass is 79.9. The maximum atomic E-state index is 10.5. The van der Waals surface area contributed by atoms with Crippen LogP contribution < -0.4 is 0 Å². The molecule has 4 nitrogen and oxygen atoms in total. The lowest BCUT2D eigenvalue weighted by Crippen LogP contribution is -2.11. The molecular formula is C6H6Br2O4. The first-order valence-electron chi connectivity index (χ1n) is 3.15. The molecule has 2 N–H and O–H groups in total. The molecule has 0 saturated heterocycles. The molecule has 0 amide bonds. The summed E-state index contributed by atoms with van der Waals surface area (Å²) in [5, 5.41) is 17.6. The second-order valence-electron chi connectivity index (χ2n) is 2.69. The fourth-order valence-corrected chi connectivity index (χ4v) is 2.76. The molecule has 12 heavy (non-hydrogen) atoms. The predicted molar refractivity (Wildman–Crippen MR) is 47.7 cm³/mol. The van der Waals surface area contributed by atoms with Crippen LogP contribution >= 0.6 is 31.9 Å². The Morgan fingerprint density at radius 3 is 1.67 bits per heavy atom. The molecule has 1 saturated carbocycles. The van der Waals surface area contributed by atoms with Crippen LogP contribution in [0.15, 0.2) is 0 Å². The number of aliphatic carboxylic acids is 2. The molecule has 0 bridgehead atoms. The van der Waals surface area contributed by atoms with Crippen LogP contribution in [0.5, 0.6) is 0 Å². The average molecular weight is 302 g/mol. The quantitative estimate of drug-likeness (QED) is 0.761. The number of alkyl halides is 2. The van der Waals surface area contributed by atoms with Crippen LogP contribution in [-0.4, -0.2) is 31.8 Å². The minimum Gasteiger partial charge on any atom is -0.481 e. The Morgan fingerprint density at radius 2 is 1.58 bits per heavy atom. The molecule has 1 aliphatic rings. The molecule has 68 valence electrons. The predicted octanol–water partition coefficient (Wildman–Crippen LogP) is 0.930. The average Bonchev–Trinajstić information content (AvgIpc) is 2.58. The Balaban J connectivity index is 2.81. The summed E-state index contributed by atoms with van der Waals surface area (Å²) in [7, 11) is 0. The van der Waals surface area contributed by atoms with Crippen LogP contribution in [0, 0.1) is 11.8 Å². The molecule has 0 radical (unpaired) electrons. The first-order valence-corrected chi connectivity index (χ1v) is 5.07. The van der Waals surface area contributed by atoms with Crippen molar-refractivity contribution < 1.29 is 19.8 Å². The van der Waals surface area contributed by atoms with Crippen LogP contribution in [0.4, 0.5) is 0 Å². The van der Waals surface area contributed by atoms with E-state index in [1.807, 2.05) is 0 Å². The lowest BCUT2D eigenvalue weighted by atomic mass is 10.3. The van der Waals surface area contributed by atoms with Gasteiger partial charge in [0.05, 0.1) is 16.2 Å². The minimum absolute atomic E-state index is 0.327. The van der Waals surface area contributed by atoms with Gasteiger partial charge in [-0.05, 0) is 0 Å². The van der Waals surface area contributed by atoms with Gasteiger partial charge in [-0.15, -0.1) is 0 Å². The van der Waals surface area contributed by atoms with Crippen LogP contribution in [0.3, 0.4) is 0 Å². The van der Waals surface area contributed by atoms with Gasteiger partial charge in [-0.1, -0.05) is 31.9 Å². The van der Waals surface area contributed by atoms with Crippen LogP contribution in [0.2, 0.25) is 0 Å². The molecular weight excluding hydrogens is 296 g/mol. The van der Waals surface area contributed by atoms with Crippen molar-refractivity contribution in [3.05, 3.63) is 0 Å². The number of rotatable bonds is 3. The fourth-order valence-electron chi connectivity index (χ4n) is 1.27. The zero-order chi connectivity index (χ0) is 9.52. The molecule has 0 aromatic heterocycles. The smallest absolute Gasteiger partial charge is 0.308 e. The fraction of sp³-hybridized carbons (Fsp3) is 0.667. The molecule has 2 atom stereocenters. The molecule has 0 aliphatic heterocycles. The van der Waals surface area contributed by atoms with Crippen molar-refractivity contribution in [2.45, 2.75) is 4.32 Å². The summed E-state index contributed by atoms with van der Waals surface area (Å²) in [5.74, 6) is -3.79. The van der Waals surface area contributed by atoms with Gasteiger partial charge in [0.1, 0.15) is 0 Å². The van der Waals surface area contributed by atoms with Gasteiger partial charge in [0.25, 0.3) is 0 Å². The molecule has 6 heteroatoms. The summed E-state index contributed by atoms with van der Waals surface area (Å²) in [6.45, 7) is 0. The molecule has 0 spiro atoms. The highest BCUT2D eigenvalue weighted by Crippen LogP contribution is 2.58. The highest BCUT2D eigenvalue weighted by Gasteiger charge is 2.70. The second-order valence-corrected chi connectivity index (χ2v) is 4.73. The Morgan fingerprint density at radius 1 is 1.25 bits per heavy atom. The molecule has 0 aromatic rings. The van der Waals surface area contributed by atoms with Crippen molar-refractivity contribution >= 4 is 43.8 Å². The van der Waals surface area contributed by atoms with E-state index in [0.717, 1.165) is 0 Å². The zero-order valence-electron chi connectivity index (χ0n) is 5.83. The number of hydrogen-bond donors (Lipinski definition) is 2. The molecule has 1 rings (SSSR count). The maximum Gasteiger partial charge on any atom is 0.308 e. The molecule has 1 aliphatic carbocycles. The Hall–Kier alpha value is -0.100. The van der Waals surface area contributed by atoms with Gasteiger partial charge in [-0.25, -0.2) is 0 Å². The third-order valence-corrected chi connectivity index (χ3v) is 4.94. The normalized spacial score (nSPS) is 39.2. The van der Waals surface area contributed by atoms with Crippen LogP contribution in [0.25, 0.3) is 0 Å². The van der Waals surface area contributed by atoms with Gasteiger partial charge >= 0.3 is 11.9 Å². The second kappa shape index (κ2) is 2.99. The number of carboxylic acid groups (broad SMARTS) is 2. The van der Waals surface area contributed by atoms with Crippen molar-refractivity contribution in [3.8, 4) is 0 Å². The van der Waals surface area contributed by atoms with E-state index in [-0.39, 0.29) is 0 Å². The van der Waals surface area contributed by atoms with Crippen molar-refractivity contribution in [1.29, 1.82) is 0 Å². The van der Waals surface area contributed by atoms with E-state index in [1.165, 1.54) is 0 Å². The largest absolute Gasteiger partial charge is 0.481 e. The van der Waals surface area contributed by atoms with Crippen molar-refractivity contribution in [1.82, 2.24) is 0 Å². The molecule has 0 aromatic carbocycles. The Labute approximate surface area is 85.2 Å². The van der Waals surface area contributed by atoms with Gasteiger partial charge in [-0.2, -0.15) is 0 Å². The monoisotopic (exact) mass is 300 g/mol. The maximum absolute atomic E-state index is 10.5. The van der Waals surface area contributed by atoms with Gasteiger partial charge < -0.3 is 10.2 Å². The van der Waals surface area contributed by atoms with E-state index >= 15 is 0 Å². The standard InChI is InChI=1S/C6H6Br2O4/c7-1-6(8)2(4(9)10)3(6)5(11)12/h2-3H,1H2,(H,9,10)(H,11,12). The van der Waals surface area contributed by atoms with Crippen molar-refractivity contribution in [2.24, 2.45) is 11.8 Å². The lowest BCUT2D eigenvalue weighted by Gasteiger charge is -1.99. The van der Waals surface area contributed by atoms with E-state index < -0.39 is 28.1 Å². The van der Waals surface area contributed by atoms with Gasteiger partial charge in [0, 0.05) is 5.33 Å². The van der Waals surface area contributed by atoms with Crippen molar-refractivity contribution in [2.75, 3.05) is 5.33 Å². The number of halogens is 2. The summed E-state index contributed by atoms with van der Waals surface area (Å²) < 4.78 is -0.801. The summed E-state index contributed by atoms with van der Waals surface area (Å²) >= 11 is 6.19. The number of hydrogen-bond acceptors (Lipinski definition) is 2. The van der Waals surface area contributed by atoms with E-state index in [9.17, 15) is 9.59 Å². The molecule has 1 fully saturated rings. The van der Waals surface area contributed by atoms with E-state index in [2.05, 4.69) is 31.9 Å². The Bertz CT molecular complexity index is 220. The summed E-state index contributed by atoms with van der Waals surface area (Å²) in [5.41, 5.74) is 0. The third-order valence-electron chi connectivity index (χ3n) is 2.00. The van der Waals surface area contributed by atoms with Crippen LogP contribution in [-0.2, 0) is 9.59 Å². The van der Waals surface area contributed by atoms with E-state index in [1.54, 1.807) is 0 Å². The van der Waals surface area contributed by atoms with E-state index in [4.69, 9.17) is 10.2 Å². The number of carbonyl (C=O) groups is 2. The number of carboxylic acids is 2. The van der Waals surface area contributed by atoms with Crippen LogP contribution in [0.1, 0.15) is 0 Å². The summed E-state index contributed by atoms with van der Waals surface area (Å²) in [6, 6.07) is 0. The molecule has 2 unspecified atom stereocenters. The summed E-state index contributed by atoms with van der Waals surface area (Å²) in [6.07, 6.45) is 0. The topological polar surface area (TPSA) is 74.6 Å². The summed E-state index contributed by atoms with van der Waals surface area (Å²) in [4.78, 5) is 21.1. The zero-order valence-corrected chi connectivity index (χ0v) is 9.00.